The molecular formula is C21H24N2O5S. The lowest BCUT2D eigenvalue weighted by molar-refractivity contribution is -0.117. The second-order valence-corrected chi connectivity index (χ2v) is 9.23. The summed E-state index contributed by atoms with van der Waals surface area (Å²) in [4.78, 5) is 26.8. The van der Waals surface area contributed by atoms with Crippen molar-refractivity contribution in [3.63, 3.8) is 0 Å². The van der Waals surface area contributed by atoms with Crippen LogP contribution >= 0.6 is 0 Å². The largest absolute Gasteiger partial charge is 0.465 e. The van der Waals surface area contributed by atoms with Gasteiger partial charge in [0.15, 0.2) is 9.84 Å². The first-order valence-electron chi connectivity index (χ1n) is 9.32. The summed E-state index contributed by atoms with van der Waals surface area (Å²) in [7, 11) is -1.84. The third-order valence-electron chi connectivity index (χ3n) is 4.97. The molecule has 1 aliphatic rings. The van der Waals surface area contributed by atoms with Gasteiger partial charge in [-0.3, -0.25) is 4.79 Å². The van der Waals surface area contributed by atoms with Gasteiger partial charge in [-0.25, -0.2) is 13.2 Å². The molecule has 0 unspecified atom stereocenters. The van der Waals surface area contributed by atoms with Gasteiger partial charge in [0.1, 0.15) is 0 Å². The van der Waals surface area contributed by atoms with E-state index < -0.39 is 21.8 Å². The Bertz CT molecular complexity index is 1000. The van der Waals surface area contributed by atoms with E-state index >= 15 is 0 Å². The molecule has 2 aromatic rings. The first kappa shape index (κ1) is 20.9. The maximum Gasteiger partial charge on any atom is 0.340 e. The monoisotopic (exact) mass is 416 g/mol. The highest BCUT2D eigenvalue weighted by Gasteiger charge is 2.35. The van der Waals surface area contributed by atoms with Crippen LogP contribution in [0.4, 0.5) is 11.4 Å². The van der Waals surface area contributed by atoms with Gasteiger partial charge in [0.05, 0.1) is 36.8 Å². The van der Waals surface area contributed by atoms with Crippen molar-refractivity contribution in [1.82, 2.24) is 0 Å². The van der Waals surface area contributed by atoms with E-state index in [0.29, 0.717) is 23.4 Å². The maximum atomic E-state index is 13.1. The molecule has 0 aliphatic carbocycles. The van der Waals surface area contributed by atoms with Gasteiger partial charge >= 0.3 is 5.97 Å². The average molecular weight is 416 g/mol. The van der Waals surface area contributed by atoms with Crippen LogP contribution in [0.2, 0.25) is 0 Å². The number of ether oxygens (including phenoxy) is 1. The first-order chi connectivity index (χ1) is 13.8. The number of esters is 1. The Morgan fingerprint density at radius 2 is 1.86 bits per heavy atom. The molecule has 1 fully saturated rings. The summed E-state index contributed by atoms with van der Waals surface area (Å²) < 4.78 is 28.8. The van der Waals surface area contributed by atoms with Crippen LogP contribution in [0.15, 0.2) is 48.5 Å². The zero-order valence-corrected chi connectivity index (χ0v) is 17.2. The van der Waals surface area contributed by atoms with Gasteiger partial charge in [-0.1, -0.05) is 30.3 Å². The topological polar surface area (TPSA) is 92.8 Å². The number of hydrogen-bond donors (Lipinski definition) is 1. The Kier molecular flexibility index (Phi) is 6.22. The number of nitrogens with zero attached hydrogens (tertiary/aromatic N) is 1. The third-order valence-corrected chi connectivity index (χ3v) is 6.72. The van der Waals surface area contributed by atoms with Gasteiger partial charge in [0.25, 0.3) is 0 Å². The molecule has 7 nitrogen and oxygen atoms in total. The number of para-hydroxylation sites is 1. The molecule has 1 saturated heterocycles. The van der Waals surface area contributed by atoms with Gasteiger partial charge in [0.2, 0.25) is 5.91 Å². The van der Waals surface area contributed by atoms with Crippen LogP contribution < -0.4 is 10.2 Å². The van der Waals surface area contributed by atoms with E-state index in [9.17, 15) is 18.0 Å². The Labute approximate surface area is 170 Å². The Hall–Kier alpha value is -2.87. The van der Waals surface area contributed by atoms with Crippen LogP contribution in [0.3, 0.4) is 0 Å². The van der Waals surface area contributed by atoms with Gasteiger partial charge in [-0.2, -0.15) is 0 Å². The van der Waals surface area contributed by atoms with E-state index in [0.717, 1.165) is 5.56 Å². The van der Waals surface area contributed by atoms with E-state index in [4.69, 9.17) is 4.74 Å². The van der Waals surface area contributed by atoms with Crippen molar-refractivity contribution in [1.29, 1.82) is 0 Å². The van der Waals surface area contributed by atoms with Crippen molar-refractivity contribution in [2.45, 2.75) is 19.4 Å². The summed E-state index contributed by atoms with van der Waals surface area (Å²) in [6.45, 7) is 1.71. The fraction of sp³-hybridized carbons (Fsp3) is 0.333. The standard InChI is InChI=1S/C21H24N2O5S/c1-15-7-6-10-18(20(15)21(25)28-2)22-13-19(24)23(16-8-4-3-5-9-16)17-11-12-29(26,27)14-17/h3-10,17,22H,11-14H2,1-2H3/t17-/m0/s1. The number of amides is 1. The number of benzene rings is 2. The zero-order chi connectivity index (χ0) is 21.0. The molecule has 29 heavy (non-hydrogen) atoms. The quantitative estimate of drug-likeness (QED) is 0.727. The average Bonchev–Trinajstić information content (AvgIpc) is 3.06. The Balaban J connectivity index is 1.83. The third kappa shape index (κ3) is 4.76. The maximum absolute atomic E-state index is 13.1. The molecule has 0 spiro atoms. The summed E-state index contributed by atoms with van der Waals surface area (Å²) >= 11 is 0. The van der Waals surface area contributed by atoms with Crippen LogP contribution in [-0.4, -0.2) is 51.5 Å². The highest BCUT2D eigenvalue weighted by molar-refractivity contribution is 7.91. The van der Waals surface area contributed by atoms with Crippen molar-refractivity contribution in [2.75, 3.05) is 35.4 Å². The number of aryl methyl sites for hydroxylation is 1. The highest BCUT2D eigenvalue weighted by atomic mass is 32.2. The van der Waals surface area contributed by atoms with Crippen LogP contribution in [0.5, 0.6) is 0 Å². The molecule has 0 saturated carbocycles. The highest BCUT2D eigenvalue weighted by Crippen LogP contribution is 2.25. The van der Waals surface area contributed by atoms with E-state index in [1.807, 2.05) is 18.2 Å². The van der Waals surface area contributed by atoms with Crippen molar-refractivity contribution >= 4 is 33.1 Å². The lowest BCUT2D eigenvalue weighted by Crippen LogP contribution is -2.44. The minimum absolute atomic E-state index is 0.0501. The van der Waals surface area contributed by atoms with Gasteiger partial charge in [-0.15, -0.1) is 0 Å². The lowest BCUT2D eigenvalue weighted by Gasteiger charge is -2.29. The Morgan fingerprint density at radius 1 is 1.14 bits per heavy atom. The van der Waals surface area contributed by atoms with Crippen LogP contribution in [0.25, 0.3) is 0 Å². The van der Waals surface area contributed by atoms with Crippen LogP contribution in [0, 0.1) is 6.92 Å². The number of sulfone groups is 1. The number of hydrogen-bond acceptors (Lipinski definition) is 6. The van der Waals surface area contributed by atoms with Crippen LogP contribution in [0.1, 0.15) is 22.3 Å². The molecular weight excluding hydrogens is 392 g/mol. The molecule has 1 amide bonds. The molecule has 154 valence electrons. The number of anilines is 2. The molecule has 3 rings (SSSR count). The molecule has 1 aliphatic heterocycles. The number of methoxy groups -OCH3 is 1. The first-order valence-corrected chi connectivity index (χ1v) is 11.1. The fourth-order valence-corrected chi connectivity index (χ4v) is 5.27. The second kappa shape index (κ2) is 8.65. The van der Waals surface area contributed by atoms with E-state index in [-0.39, 0.29) is 24.0 Å². The van der Waals surface area contributed by atoms with E-state index in [1.54, 1.807) is 42.2 Å². The minimum Gasteiger partial charge on any atom is -0.465 e. The summed E-state index contributed by atoms with van der Waals surface area (Å²) in [5.41, 5.74) is 2.25. The predicted molar refractivity (Wildman–Crippen MR) is 112 cm³/mol. The van der Waals surface area contributed by atoms with Gasteiger partial charge in [0, 0.05) is 11.4 Å². The second-order valence-electron chi connectivity index (χ2n) is 7.00. The van der Waals surface area contributed by atoms with Crippen LogP contribution in [-0.2, 0) is 19.4 Å². The zero-order valence-electron chi connectivity index (χ0n) is 16.4. The summed E-state index contributed by atoms with van der Waals surface area (Å²) in [5.74, 6) is -0.729. The van der Waals surface area contributed by atoms with Crippen molar-refractivity contribution in [3.8, 4) is 0 Å². The molecule has 1 heterocycles. The van der Waals surface area contributed by atoms with E-state index in [2.05, 4.69) is 5.32 Å². The van der Waals surface area contributed by atoms with Crippen molar-refractivity contribution in [2.24, 2.45) is 0 Å². The molecule has 0 radical (unpaired) electrons. The summed E-state index contributed by atoms with van der Waals surface area (Å²) in [5, 5.41) is 3.02. The predicted octanol–water partition coefficient (Wildman–Crippen LogP) is 2.41. The van der Waals surface area contributed by atoms with Crippen molar-refractivity contribution < 1.29 is 22.7 Å². The molecule has 1 N–H and O–H groups in total. The fourth-order valence-electron chi connectivity index (χ4n) is 3.57. The molecule has 0 bridgehead atoms. The molecule has 8 heteroatoms. The number of carbonyl (C=O) groups is 2. The summed E-state index contributed by atoms with van der Waals surface area (Å²) in [6.07, 6.45) is 0.404. The van der Waals surface area contributed by atoms with Crippen molar-refractivity contribution in [3.05, 3.63) is 59.7 Å². The normalized spacial score (nSPS) is 17.5. The lowest BCUT2D eigenvalue weighted by atomic mass is 10.1. The molecule has 1 atom stereocenters. The number of rotatable bonds is 6. The van der Waals surface area contributed by atoms with Gasteiger partial charge < -0.3 is 15.0 Å². The minimum atomic E-state index is -3.15. The molecule has 0 aromatic heterocycles. The SMILES string of the molecule is COC(=O)c1c(C)cccc1NCC(=O)N(c1ccccc1)[C@H]1CCS(=O)(=O)C1. The number of carbonyl (C=O) groups excluding carboxylic acids is 2. The smallest absolute Gasteiger partial charge is 0.340 e. The Morgan fingerprint density at radius 3 is 2.48 bits per heavy atom. The molecule has 2 aromatic carbocycles. The van der Waals surface area contributed by atoms with Gasteiger partial charge in [-0.05, 0) is 37.1 Å². The summed E-state index contributed by atoms with van der Waals surface area (Å²) in [6, 6.07) is 13.9. The van der Waals surface area contributed by atoms with E-state index in [1.165, 1.54) is 7.11 Å². The number of nitrogens with one attached hydrogen (secondary N) is 1.